The Kier molecular flexibility index (Phi) is 6.06. The van der Waals surface area contributed by atoms with Crippen LogP contribution >= 0.6 is 0 Å². The van der Waals surface area contributed by atoms with E-state index in [9.17, 15) is 9.59 Å². The highest BCUT2D eigenvalue weighted by Crippen LogP contribution is 2.20. The molecule has 2 saturated heterocycles. The summed E-state index contributed by atoms with van der Waals surface area (Å²) in [5, 5.41) is 3.03. The third-order valence-electron chi connectivity index (χ3n) is 4.81. The van der Waals surface area contributed by atoms with Gasteiger partial charge in [-0.3, -0.25) is 4.79 Å². The van der Waals surface area contributed by atoms with Crippen LogP contribution in [0.1, 0.15) is 33.6 Å². The molecule has 126 valence electrons. The molecule has 6 nitrogen and oxygen atoms in total. The van der Waals surface area contributed by atoms with Crippen LogP contribution in [0.4, 0.5) is 4.79 Å². The Morgan fingerprint density at radius 2 is 1.59 bits per heavy atom. The fraction of sp³-hybridized carbons (Fsp3) is 0.875. The summed E-state index contributed by atoms with van der Waals surface area (Å²) >= 11 is 0. The van der Waals surface area contributed by atoms with Crippen molar-refractivity contribution in [3.05, 3.63) is 0 Å². The Morgan fingerprint density at radius 3 is 2.14 bits per heavy atom. The van der Waals surface area contributed by atoms with Crippen molar-refractivity contribution in [2.75, 3.05) is 39.4 Å². The number of piperidine rings is 1. The first-order chi connectivity index (χ1) is 10.5. The van der Waals surface area contributed by atoms with E-state index in [0.29, 0.717) is 45.3 Å². The van der Waals surface area contributed by atoms with Gasteiger partial charge in [0.15, 0.2) is 0 Å². The van der Waals surface area contributed by atoms with E-state index in [4.69, 9.17) is 4.74 Å². The molecule has 2 aliphatic heterocycles. The zero-order valence-corrected chi connectivity index (χ0v) is 14.0. The molecule has 2 rings (SSSR count). The molecule has 0 aromatic rings. The molecule has 0 aromatic heterocycles. The second kappa shape index (κ2) is 7.81. The first-order valence-electron chi connectivity index (χ1n) is 8.41. The number of urea groups is 1. The Balaban J connectivity index is 1.77. The van der Waals surface area contributed by atoms with Crippen molar-refractivity contribution in [2.45, 2.75) is 39.7 Å². The van der Waals surface area contributed by atoms with Crippen LogP contribution in [-0.4, -0.2) is 67.2 Å². The van der Waals surface area contributed by atoms with Crippen molar-refractivity contribution in [1.82, 2.24) is 15.1 Å². The van der Waals surface area contributed by atoms with Crippen molar-refractivity contribution < 1.29 is 14.3 Å². The van der Waals surface area contributed by atoms with Crippen LogP contribution in [0.2, 0.25) is 0 Å². The highest BCUT2D eigenvalue weighted by atomic mass is 16.5. The van der Waals surface area contributed by atoms with Crippen LogP contribution in [0, 0.1) is 11.8 Å². The lowest BCUT2D eigenvalue weighted by atomic mass is 9.95. The lowest BCUT2D eigenvalue weighted by Gasteiger charge is -2.36. The SMILES string of the molecule is CC(C)C(C)NC(=O)N1CCC(C(=O)N2CCOCC2)CC1. The van der Waals surface area contributed by atoms with Crippen LogP contribution in [0.15, 0.2) is 0 Å². The van der Waals surface area contributed by atoms with Gasteiger partial charge >= 0.3 is 6.03 Å². The molecule has 1 N–H and O–H groups in total. The number of amides is 3. The maximum absolute atomic E-state index is 12.4. The lowest BCUT2D eigenvalue weighted by molar-refractivity contribution is -0.141. The molecular weight excluding hydrogens is 282 g/mol. The van der Waals surface area contributed by atoms with Crippen LogP contribution in [-0.2, 0) is 9.53 Å². The summed E-state index contributed by atoms with van der Waals surface area (Å²) in [7, 11) is 0. The molecule has 0 aromatic carbocycles. The number of morpholine rings is 1. The normalized spacial score (nSPS) is 21.8. The summed E-state index contributed by atoms with van der Waals surface area (Å²) in [5.41, 5.74) is 0. The van der Waals surface area contributed by atoms with E-state index in [1.807, 2.05) is 16.7 Å². The molecule has 0 bridgehead atoms. The van der Waals surface area contributed by atoms with E-state index in [0.717, 1.165) is 12.8 Å². The van der Waals surface area contributed by atoms with Gasteiger partial charge in [0.2, 0.25) is 5.91 Å². The van der Waals surface area contributed by atoms with Gasteiger partial charge in [-0.2, -0.15) is 0 Å². The van der Waals surface area contributed by atoms with Crippen LogP contribution in [0.5, 0.6) is 0 Å². The van der Waals surface area contributed by atoms with Crippen molar-refractivity contribution >= 4 is 11.9 Å². The van der Waals surface area contributed by atoms with Crippen molar-refractivity contribution in [1.29, 1.82) is 0 Å². The average molecular weight is 311 g/mol. The van der Waals surface area contributed by atoms with Gasteiger partial charge in [0.1, 0.15) is 0 Å². The Morgan fingerprint density at radius 1 is 1.00 bits per heavy atom. The highest BCUT2D eigenvalue weighted by molar-refractivity contribution is 5.80. The van der Waals surface area contributed by atoms with Gasteiger partial charge < -0.3 is 19.9 Å². The number of hydrogen-bond donors (Lipinski definition) is 1. The maximum atomic E-state index is 12.4. The molecule has 3 amide bonds. The second-order valence-corrected chi connectivity index (χ2v) is 6.68. The first-order valence-corrected chi connectivity index (χ1v) is 8.41. The molecule has 0 aliphatic carbocycles. The quantitative estimate of drug-likeness (QED) is 0.855. The number of nitrogens with one attached hydrogen (secondary N) is 1. The Labute approximate surface area is 133 Å². The summed E-state index contributed by atoms with van der Waals surface area (Å²) in [4.78, 5) is 28.4. The van der Waals surface area contributed by atoms with Gasteiger partial charge in [-0.25, -0.2) is 4.79 Å². The summed E-state index contributed by atoms with van der Waals surface area (Å²) in [6.07, 6.45) is 1.53. The third kappa shape index (κ3) is 4.35. The summed E-state index contributed by atoms with van der Waals surface area (Å²) in [5.74, 6) is 0.716. The monoisotopic (exact) mass is 311 g/mol. The fourth-order valence-corrected chi connectivity index (χ4v) is 2.82. The summed E-state index contributed by atoms with van der Waals surface area (Å²) < 4.78 is 5.29. The van der Waals surface area contributed by atoms with Gasteiger partial charge in [0.25, 0.3) is 0 Å². The van der Waals surface area contributed by atoms with E-state index in [2.05, 4.69) is 19.2 Å². The topological polar surface area (TPSA) is 61.9 Å². The van der Waals surface area contributed by atoms with Crippen molar-refractivity contribution in [2.24, 2.45) is 11.8 Å². The van der Waals surface area contributed by atoms with Gasteiger partial charge in [-0.1, -0.05) is 13.8 Å². The molecule has 0 radical (unpaired) electrons. The number of nitrogens with zero attached hydrogens (tertiary/aromatic N) is 2. The number of ether oxygens (including phenoxy) is 1. The molecule has 2 heterocycles. The number of rotatable bonds is 3. The van der Waals surface area contributed by atoms with Gasteiger partial charge in [-0.15, -0.1) is 0 Å². The Bertz CT molecular complexity index is 386. The minimum absolute atomic E-state index is 0.00142. The summed E-state index contributed by atoms with van der Waals surface area (Å²) in [6, 6.07) is 0.165. The van der Waals surface area contributed by atoms with E-state index in [1.165, 1.54) is 0 Å². The zero-order chi connectivity index (χ0) is 16.1. The van der Waals surface area contributed by atoms with E-state index >= 15 is 0 Å². The minimum Gasteiger partial charge on any atom is -0.378 e. The average Bonchev–Trinajstić information content (AvgIpc) is 2.55. The summed E-state index contributed by atoms with van der Waals surface area (Å²) in [6.45, 7) is 10.2. The molecule has 0 spiro atoms. The molecule has 1 atom stereocenters. The van der Waals surface area contributed by atoms with E-state index < -0.39 is 0 Å². The van der Waals surface area contributed by atoms with Crippen LogP contribution in [0.25, 0.3) is 0 Å². The molecule has 2 aliphatic rings. The highest BCUT2D eigenvalue weighted by Gasteiger charge is 2.31. The predicted octanol–water partition coefficient (Wildman–Crippen LogP) is 1.31. The van der Waals surface area contributed by atoms with E-state index in [1.54, 1.807) is 0 Å². The molecule has 6 heteroatoms. The smallest absolute Gasteiger partial charge is 0.317 e. The lowest BCUT2D eigenvalue weighted by Crippen LogP contribution is -2.51. The number of carbonyl (C=O) groups excluding carboxylic acids is 2. The molecule has 2 fully saturated rings. The standard InChI is InChI=1S/C16H29N3O3/c1-12(2)13(3)17-16(21)19-6-4-14(5-7-19)15(20)18-8-10-22-11-9-18/h12-14H,4-11H2,1-3H3,(H,17,21). The fourth-order valence-electron chi connectivity index (χ4n) is 2.82. The molecule has 22 heavy (non-hydrogen) atoms. The van der Waals surface area contributed by atoms with Gasteiger partial charge in [0, 0.05) is 38.1 Å². The van der Waals surface area contributed by atoms with Crippen LogP contribution in [0.3, 0.4) is 0 Å². The number of hydrogen-bond acceptors (Lipinski definition) is 3. The minimum atomic E-state index is -0.00142. The molecule has 0 saturated carbocycles. The maximum Gasteiger partial charge on any atom is 0.317 e. The van der Waals surface area contributed by atoms with E-state index in [-0.39, 0.29) is 23.9 Å². The van der Waals surface area contributed by atoms with Crippen molar-refractivity contribution in [3.63, 3.8) is 0 Å². The number of carbonyl (C=O) groups is 2. The molecular formula is C16H29N3O3. The first kappa shape index (κ1) is 17.1. The molecule has 1 unspecified atom stereocenters. The van der Waals surface area contributed by atoms with Crippen molar-refractivity contribution in [3.8, 4) is 0 Å². The predicted molar refractivity (Wildman–Crippen MR) is 84.5 cm³/mol. The van der Waals surface area contributed by atoms with Crippen LogP contribution < -0.4 is 5.32 Å². The Hall–Kier alpha value is -1.30. The largest absolute Gasteiger partial charge is 0.378 e. The number of likely N-dealkylation sites (tertiary alicyclic amines) is 1. The van der Waals surface area contributed by atoms with Gasteiger partial charge in [0.05, 0.1) is 13.2 Å². The van der Waals surface area contributed by atoms with Gasteiger partial charge in [-0.05, 0) is 25.7 Å². The zero-order valence-electron chi connectivity index (χ0n) is 14.0. The third-order valence-corrected chi connectivity index (χ3v) is 4.81. The second-order valence-electron chi connectivity index (χ2n) is 6.68.